The average Bonchev–Trinajstić information content (AvgIpc) is 2.65. The average molecular weight is 582 g/mol. The van der Waals surface area contributed by atoms with E-state index in [0.717, 1.165) is 20.8 Å². The predicted molar refractivity (Wildman–Crippen MR) is 81.3 cm³/mol. The maximum absolute atomic E-state index is 14.6. The molecular formula is C14H15F17O3Si. The van der Waals surface area contributed by atoms with Crippen molar-refractivity contribution in [3.8, 4) is 0 Å². The van der Waals surface area contributed by atoms with E-state index in [9.17, 15) is 74.6 Å². The highest BCUT2D eigenvalue weighted by molar-refractivity contribution is 6.63. The highest BCUT2D eigenvalue weighted by Gasteiger charge is 2.98. The summed E-state index contributed by atoms with van der Waals surface area (Å²) in [7, 11) is -6.71. The minimum absolute atomic E-state index is 0.721. The third-order valence-electron chi connectivity index (χ3n) is 4.18. The molecule has 0 aliphatic carbocycles. The summed E-state index contributed by atoms with van der Waals surface area (Å²) in [5.74, 6) is -34.1. The lowest BCUT2D eigenvalue weighted by atomic mass is 9.86. The summed E-state index contributed by atoms with van der Waals surface area (Å²) < 4.78 is 242. The molecule has 0 rings (SSSR count). The number of halogens is 17. The lowest BCUT2D eigenvalue weighted by molar-refractivity contribution is -0.464. The molecule has 0 radical (unpaired) electrons. The van der Waals surface area contributed by atoms with E-state index in [2.05, 4.69) is 13.3 Å². The minimum atomic E-state index is -8.83. The van der Waals surface area contributed by atoms with Crippen molar-refractivity contribution in [1.29, 1.82) is 0 Å². The van der Waals surface area contributed by atoms with Crippen LogP contribution in [0.1, 0.15) is 20.8 Å². The normalized spacial score (nSPS) is 16.1. The molecule has 212 valence electrons. The molecule has 0 fully saturated rings. The van der Waals surface area contributed by atoms with Gasteiger partial charge in [-0.25, -0.2) is 4.39 Å². The van der Waals surface area contributed by atoms with Gasteiger partial charge < -0.3 is 13.3 Å². The molecule has 0 aliphatic heterocycles. The van der Waals surface area contributed by atoms with Gasteiger partial charge in [0.1, 0.15) is 0 Å². The molecule has 0 N–H and O–H groups in total. The molecule has 0 amide bonds. The summed E-state index contributed by atoms with van der Waals surface area (Å²) in [4.78, 5) is 0. The Morgan fingerprint density at radius 2 is 0.686 bits per heavy atom. The van der Waals surface area contributed by atoms with E-state index in [1.807, 2.05) is 0 Å². The lowest BCUT2D eigenvalue weighted by Gasteiger charge is -2.46. The standard InChI is InChI=1S/C14H15F17O3Si/c1-4-32-35(33-5-2,34-6-3)14(30,31)11(22,23)10(20,21)9(18,19)8(16,17)7(15,12(24,25)26)13(27,28)29/h4-6H2,1-3H3. The molecule has 35 heavy (non-hydrogen) atoms. The molecule has 21 heteroatoms. The Labute approximate surface area is 185 Å². The lowest BCUT2D eigenvalue weighted by Crippen LogP contribution is -2.79. The van der Waals surface area contributed by atoms with Gasteiger partial charge in [0.15, 0.2) is 0 Å². The fourth-order valence-corrected chi connectivity index (χ4v) is 4.96. The summed E-state index contributed by atoms with van der Waals surface area (Å²) in [6.45, 7) is -1.32. The van der Waals surface area contributed by atoms with E-state index < -0.39 is 75.9 Å². The van der Waals surface area contributed by atoms with Crippen LogP contribution in [0, 0.1) is 0 Å². The van der Waals surface area contributed by atoms with Crippen molar-refractivity contribution in [2.45, 2.75) is 68.0 Å². The van der Waals surface area contributed by atoms with Crippen LogP contribution < -0.4 is 0 Å². The summed E-state index contributed by atoms with van der Waals surface area (Å²) in [5.41, 5.74) is -15.5. The fourth-order valence-electron chi connectivity index (χ4n) is 2.48. The van der Waals surface area contributed by atoms with Gasteiger partial charge in [0.2, 0.25) is 0 Å². The molecule has 0 aromatic heterocycles. The van der Waals surface area contributed by atoms with E-state index >= 15 is 0 Å². The first-order chi connectivity index (χ1) is 15.2. The smallest absolute Gasteiger partial charge is 0.370 e. The first kappa shape index (κ1) is 33.9. The van der Waals surface area contributed by atoms with Crippen LogP contribution in [0.15, 0.2) is 0 Å². The summed E-state index contributed by atoms with van der Waals surface area (Å²) in [6, 6.07) is 0. The zero-order valence-corrected chi connectivity index (χ0v) is 18.3. The molecular weight excluding hydrogens is 567 g/mol. The summed E-state index contributed by atoms with van der Waals surface area (Å²) in [6.07, 6.45) is -16.3. The fraction of sp³-hybridized carbons (Fsp3) is 1.00. The molecule has 0 unspecified atom stereocenters. The Kier molecular flexibility index (Phi) is 9.35. The number of hydrogen-bond donors (Lipinski definition) is 0. The molecule has 0 heterocycles. The number of rotatable bonds is 12. The summed E-state index contributed by atoms with van der Waals surface area (Å²) >= 11 is 0. The van der Waals surface area contributed by atoms with Gasteiger partial charge in [-0.2, -0.15) is 70.2 Å². The summed E-state index contributed by atoms with van der Waals surface area (Å²) in [5, 5.41) is 0. The van der Waals surface area contributed by atoms with Gasteiger partial charge in [0, 0.05) is 19.8 Å². The van der Waals surface area contributed by atoms with Crippen molar-refractivity contribution in [3.63, 3.8) is 0 Å². The largest absolute Gasteiger partial charge is 0.582 e. The van der Waals surface area contributed by atoms with Crippen LogP contribution in [0.5, 0.6) is 0 Å². The zero-order valence-electron chi connectivity index (χ0n) is 17.3. The van der Waals surface area contributed by atoms with Crippen molar-refractivity contribution in [1.82, 2.24) is 0 Å². The quantitative estimate of drug-likeness (QED) is 0.192. The third kappa shape index (κ3) is 4.57. The third-order valence-corrected chi connectivity index (χ3v) is 7.27. The Balaban J connectivity index is 7.27. The maximum atomic E-state index is 14.6. The van der Waals surface area contributed by atoms with Crippen molar-refractivity contribution in [3.05, 3.63) is 0 Å². The highest BCUT2D eigenvalue weighted by atomic mass is 28.4. The molecule has 0 spiro atoms. The second-order valence-corrected chi connectivity index (χ2v) is 8.99. The monoisotopic (exact) mass is 582 g/mol. The molecule has 0 aromatic rings. The Morgan fingerprint density at radius 3 is 0.914 bits per heavy atom. The highest BCUT2D eigenvalue weighted by Crippen LogP contribution is 2.65. The Bertz CT molecular complexity index is 687. The first-order valence-electron chi connectivity index (χ1n) is 8.81. The van der Waals surface area contributed by atoms with Crippen LogP contribution in [-0.4, -0.2) is 75.9 Å². The molecule has 0 saturated heterocycles. The van der Waals surface area contributed by atoms with E-state index in [-0.39, 0.29) is 0 Å². The Morgan fingerprint density at radius 1 is 0.429 bits per heavy atom. The van der Waals surface area contributed by atoms with Crippen LogP contribution in [-0.2, 0) is 13.3 Å². The van der Waals surface area contributed by atoms with Crippen molar-refractivity contribution in [2.24, 2.45) is 0 Å². The van der Waals surface area contributed by atoms with Crippen molar-refractivity contribution < 1.29 is 87.9 Å². The van der Waals surface area contributed by atoms with Gasteiger partial charge in [0.25, 0.3) is 0 Å². The van der Waals surface area contributed by atoms with Gasteiger partial charge in [-0.15, -0.1) is 0 Å². The second-order valence-electron chi connectivity index (χ2n) is 6.38. The molecule has 0 saturated carbocycles. The molecule has 0 bridgehead atoms. The van der Waals surface area contributed by atoms with Gasteiger partial charge in [0.05, 0.1) is 0 Å². The van der Waals surface area contributed by atoms with Gasteiger partial charge in [-0.3, -0.25) is 0 Å². The molecule has 0 aliphatic rings. The van der Waals surface area contributed by atoms with E-state index in [1.165, 1.54) is 0 Å². The topological polar surface area (TPSA) is 27.7 Å². The molecule has 0 atom stereocenters. The van der Waals surface area contributed by atoms with Gasteiger partial charge >= 0.3 is 56.1 Å². The first-order valence-corrected chi connectivity index (χ1v) is 10.5. The van der Waals surface area contributed by atoms with Gasteiger partial charge in [-0.1, -0.05) is 0 Å². The maximum Gasteiger partial charge on any atom is 0.582 e. The number of hydrogen-bond acceptors (Lipinski definition) is 3. The van der Waals surface area contributed by atoms with Crippen LogP contribution in [0.2, 0.25) is 0 Å². The van der Waals surface area contributed by atoms with Crippen LogP contribution in [0.25, 0.3) is 0 Å². The minimum Gasteiger partial charge on any atom is -0.370 e. The van der Waals surface area contributed by atoms with E-state index in [1.54, 1.807) is 0 Å². The molecule has 3 nitrogen and oxygen atoms in total. The predicted octanol–water partition coefficient (Wildman–Crippen LogP) is 6.58. The van der Waals surface area contributed by atoms with Crippen LogP contribution in [0.3, 0.4) is 0 Å². The second kappa shape index (κ2) is 9.65. The zero-order chi connectivity index (χ0) is 28.7. The van der Waals surface area contributed by atoms with Gasteiger partial charge in [-0.05, 0) is 20.8 Å². The van der Waals surface area contributed by atoms with E-state index in [0.29, 0.717) is 0 Å². The Hall–Kier alpha value is -1.09. The van der Waals surface area contributed by atoms with Crippen molar-refractivity contribution in [2.75, 3.05) is 19.8 Å². The van der Waals surface area contributed by atoms with E-state index in [4.69, 9.17) is 0 Å². The number of alkyl halides is 17. The van der Waals surface area contributed by atoms with Crippen LogP contribution >= 0.6 is 0 Å². The van der Waals surface area contributed by atoms with Crippen molar-refractivity contribution >= 4 is 8.80 Å². The molecule has 0 aromatic carbocycles. The van der Waals surface area contributed by atoms with Crippen LogP contribution in [0.4, 0.5) is 74.6 Å². The SMILES string of the molecule is CCO[Si](OCC)(OCC)C(F)(F)C(F)(F)C(F)(F)C(F)(F)C(F)(F)C(F)(C(F)(F)F)C(F)(F)F.